The largest absolute Gasteiger partial charge is 0.416 e. The molecule has 0 aliphatic rings. The number of halogens is 3. The molecule has 1 amide bonds. The maximum Gasteiger partial charge on any atom is 0.416 e. The van der Waals surface area contributed by atoms with Crippen molar-refractivity contribution in [1.82, 2.24) is 4.90 Å². The van der Waals surface area contributed by atoms with Gasteiger partial charge in [0.15, 0.2) is 0 Å². The summed E-state index contributed by atoms with van der Waals surface area (Å²) >= 11 is 0. The van der Waals surface area contributed by atoms with Crippen molar-refractivity contribution in [1.29, 1.82) is 0 Å². The average molecular weight is 347 g/mol. The Kier molecular flexibility index (Phi) is 6.99. The smallest absolute Gasteiger partial charge is 0.379 e. The number of carbonyl (C=O) groups excluding carboxylic acids is 1. The summed E-state index contributed by atoms with van der Waals surface area (Å²) in [5, 5.41) is 13.6. The maximum atomic E-state index is 12.6. The highest BCUT2D eigenvalue weighted by Gasteiger charge is 2.33. The minimum Gasteiger partial charge on any atom is -0.379 e. The Balaban J connectivity index is 2.71. The summed E-state index contributed by atoms with van der Waals surface area (Å²) in [7, 11) is 1.67. The maximum absolute atomic E-state index is 12.6. The topological polar surface area (TPSA) is 75.5 Å². The predicted molar refractivity (Wildman–Crippen MR) is 83.8 cm³/mol. The summed E-state index contributed by atoms with van der Waals surface area (Å²) in [6.45, 7) is 2.72. The van der Waals surface area contributed by atoms with Crippen LogP contribution >= 0.6 is 0 Å². The van der Waals surface area contributed by atoms with E-state index >= 15 is 0 Å². The Morgan fingerprint density at radius 3 is 2.58 bits per heavy atom. The number of rotatable bonds is 8. The number of hydrogen-bond acceptors (Lipinski definition) is 4. The number of nitrogens with zero attached hydrogens (tertiary/aromatic N) is 2. The fraction of sp³-hybridized carbons (Fsp3) is 0.533. The van der Waals surface area contributed by atoms with Gasteiger partial charge >= 0.3 is 6.18 Å². The number of nitro benzene ring substituents is 1. The molecular formula is C15H20F3N3O3. The summed E-state index contributed by atoms with van der Waals surface area (Å²) in [5.74, 6) is -0.134. The quantitative estimate of drug-likeness (QED) is 0.575. The molecule has 0 aliphatic carbocycles. The zero-order valence-corrected chi connectivity index (χ0v) is 13.5. The number of unbranched alkanes of at least 4 members (excludes halogenated alkanes) is 1. The van der Waals surface area contributed by atoms with Gasteiger partial charge in [-0.05, 0) is 18.6 Å². The summed E-state index contributed by atoms with van der Waals surface area (Å²) < 4.78 is 37.9. The molecule has 1 aromatic carbocycles. The minimum atomic E-state index is -4.65. The molecule has 0 radical (unpaired) electrons. The van der Waals surface area contributed by atoms with Crippen LogP contribution in [0, 0.1) is 10.1 Å². The first-order valence-corrected chi connectivity index (χ1v) is 7.50. The van der Waals surface area contributed by atoms with Gasteiger partial charge in [0, 0.05) is 32.6 Å². The Labute approximate surface area is 137 Å². The number of nitrogens with one attached hydrogen (secondary N) is 1. The molecule has 134 valence electrons. The zero-order valence-electron chi connectivity index (χ0n) is 13.5. The second kappa shape index (κ2) is 8.51. The number of benzene rings is 1. The highest BCUT2D eigenvalue weighted by molar-refractivity contribution is 5.76. The second-order valence-electron chi connectivity index (χ2n) is 5.33. The molecular weight excluding hydrogens is 327 g/mol. The Bertz CT molecular complexity index is 591. The summed E-state index contributed by atoms with van der Waals surface area (Å²) in [6, 6.07) is 2.26. The van der Waals surface area contributed by atoms with Crippen molar-refractivity contribution in [3.05, 3.63) is 33.9 Å². The van der Waals surface area contributed by atoms with Crippen molar-refractivity contribution in [2.45, 2.75) is 32.4 Å². The lowest BCUT2D eigenvalue weighted by molar-refractivity contribution is -0.384. The predicted octanol–water partition coefficient (Wildman–Crippen LogP) is 3.67. The lowest BCUT2D eigenvalue weighted by Crippen LogP contribution is -2.29. The minimum absolute atomic E-state index is 0.0444. The van der Waals surface area contributed by atoms with Gasteiger partial charge in [0.25, 0.3) is 5.69 Å². The monoisotopic (exact) mass is 347 g/mol. The molecule has 9 heteroatoms. The molecule has 0 fully saturated rings. The summed E-state index contributed by atoms with van der Waals surface area (Å²) in [6.07, 6.45) is -2.73. The van der Waals surface area contributed by atoms with Crippen LogP contribution in [0.1, 0.15) is 31.7 Å². The molecule has 0 atom stereocenters. The first-order chi connectivity index (χ1) is 11.2. The van der Waals surface area contributed by atoms with E-state index in [2.05, 4.69) is 5.32 Å². The SMILES string of the molecule is CCCCN(C)C(=O)CCNc1ccc(C(F)(F)F)cc1[N+](=O)[O-]. The molecule has 0 aliphatic heterocycles. The van der Waals surface area contributed by atoms with Crippen molar-refractivity contribution >= 4 is 17.3 Å². The molecule has 0 spiro atoms. The fourth-order valence-corrected chi connectivity index (χ4v) is 2.02. The molecule has 6 nitrogen and oxygen atoms in total. The third-order valence-electron chi connectivity index (χ3n) is 3.45. The van der Waals surface area contributed by atoms with Crippen molar-refractivity contribution < 1.29 is 22.9 Å². The average Bonchev–Trinajstić information content (AvgIpc) is 2.51. The van der Waals surface area contributed by atoms with Crippen LogP contribution in [0.3, 0.4) is 0 Å². The van der Waals surface area contributed by atoms with E-state index in [1.807, 2.05) is 6.92 Å². The van der Waals surface area contributed by atoms with Crippen LogP contribution in [0.25, 0.3) is 0 Å². The molecule has 0 aromatic heterocycles. The number of carbonyl (C=O) groups is 1. The third-order valence-corrected chi connectivity index (χ3v) is 3.45. The van der Waals surface area contributed by atoms with Crippen LogP contribution in [0.4, 0.5) is 24.5 Å². The molecule has 0 saturated carbocycles. The van der Waals surface area contributed by atoms with Crippen LogP contribution in [0.15, 0.2) is 18.2 Å². The Morgan fingerprint density at radius 1 is 1.38 bits per heavy atom. The molecule has 0 heterocycles. The van der Waals surface area contributed by atoms with Crippen LogP contribution in [-0.4, -0.2) is 35.9 Å². The number of anilines is 1. The molecule has 1 N–H and O–H groups in total. The highest BCUT2D eigenvalue weighted by Crippen LogP contribution is 2.34. The van der Waals surface area contributed by atoms with Crippen molar-refractivity contribution in [2.75, 3.05) is 25.5 Å². The first kappa shape index (κ1) is 19.7. The standard InChI is InChI=1S/C15H20F3N3O3/c1-3-4-9-20(2)14(22)7-8-19-12-6-5-11(15(16,17)18)10-13(12)21(23)24/h5-6,10,19H,3-4,7-9H2,1-2H3. The second-order valence-corrected chi connectivity index (χ2v) is 5.33. The Morgan fingerprint density at radius 2 is 2.04 bits per heavy atom. The fourth-order valence-electron chi connectivity index (χ4n) is 2.02. The van der Waals surface area contributed by atoms with Gasteiger partial charge in [0.1, 0.15) is 5.69 Å². The molecule has 0 saturated heterocycles. The molecule has 24 heavy (non-hydrogen) atoms. The molecule has 0 bridgehead atoms. The van der Waals surface area contributed by atoms with Gasteiger partial charge in [0.05, 0.1) is 10.5 Å². The van der Waals surface area contributed by atoms with E-state index in [1.54, 1.807) is 11.9 Å². The molecule has 0 unspecified atom stereocenters. The Hall–Kier alpha value is -2.32. The number of alkyl halides is 3. The van der Waals surface area contributed by atoms with Crippen molar-refractivity contribution in [3.8, 4) is 0 Å². The normalized spacial score (nSPS) is 11.2. The van der Waals surface area contributed by atoms with E-state index in [-0.39, 0.29) is 24.6 Å². The van der Waals surface area contributed by atoms with Crippen LogP contribution in [0.2, 0.25) is 0 Å². The van der Waals surface area contributed by atoms with Gasteiger partial charge < -0.3 is 10.2 Å². The molecule has 1 aromatic rings. The number of amides is 1. The van der Waals surface area contributed by atoms with Crippen molar-refractivity contribution in [2.24, 2.45) is 0 Å². The van der Waals surface area contributed by atoms with Gasteiger partial charge in [0.2, 0.25) is 5.91 Å². The number of nitro groups is 1. The summed E-state index contributed by atoms with van der Waals surface area (Å²) in [4.78, 5) is 23.5. The van der Waals surface area contributed by atoms with E-state index < -0.39 is 22.4 Å². The van der Waals surface area contributed by atoms with E-state index in [9.17, 15) is 28.1 Å². The van der Waals surface area contributed by atoms with Gasteiger partial charge in [-0.1, -0.05) is 13.3 Å². The van der Waals surface area contributed by atoms with Crippen LogP contribution < -0.4 is 5.32 Å². The van der Waals surface area contributed by atoms with E-state index in [0.29, 0.717) is 12.6 Å². The highest BCUT2D eigenvalue weighted by atomic mass is 19.4. The van der Waals surface area contributed by atoms with Crippen molar-refractivity contribution in [3.63, 3.8) is 0 Å². The van der Waals surface area contributed by atoms with E-state index in [0.717, 1.165) is 25.0 Å². The zero-order chi connectivity index (χ0) is 18.3. The van der Waals surface area contributed by atoms with Gasteiger partial charge in [-0.3, -0.25) is 14.9 Å². The summed E-state index contributed by atoms with van der Waals surface area (Å²) in [5.41, 5.74) is -1.80. The number of hydrogen-bond donors (Lipinski definition) is 1. The lowest BCUT2D eigenvalue weighted by Gasteiger charge is -2.17. The van der Waals surface area contributed by atoms with Crippen LogP contribution in [0.5, 0.6) is 0 Å². The van der Waals surface area contributed by atoms with Gasteiger partial charge in [-0.2, -0.15) is 13.2 Å². The van der Waals surface area contributed by atoms with Gasteiger partial charge in [-0.15, -0.1) is 0 Å². The van der Waals surface area contributed by atoms with Gasteiger partial charge in [-0.25, -0.2) is 0 Å². The van der Waals surface area contributed by atoms with Crippen LogP contribution in [-0.2, 0) is 11.0 Å². The first-order valence-electron chi connectivity index (χ1n) is 7.50. The molecule has 1 rings (SSSR count). The van der Waals surface area contributed by atoms with E-state index in [1.165, 1.54) is 0 Å². The lowest BCUT2D eigenvalue weighted by atomic mass is 10.1. The third kappa shape index (κ3) is 5.71. The van der Waals surface area contributed by atoms with E-state index in [4.69, 9.17) is 0 Å².